The zero-order valence-electron chi connectivity index (χ0n) is 18.4. The maximum Gasteiger partial charge on any atom is 0.225 e. The number of para-hydroxylation sites is 1. The minimum atomic E-state index is -0.269. The van der Waals surface area contributed by atoms with Crippen molar-refractivity contribution in [2.24, 2.45) is 0 Å². The Morgan fingerprint density at radius 2 is 1.67 bits per heavy atom. The molecule has 2 heterocycles. The molecule has 6 heteroatoms. The number of benzene rings is 3. The molecule has 1 saturated heterocycles. The quantitative estimate of drug-likeness (QED) is 0.397. The molecular weight excluding hydrogens is 417 g/mol. The molecule has 33 heavy (non-hydrogen) atoms. The zero-order valence-corrected chi connectivity index (χ0v) is 18.4. The van der Waals surface area contributed by atoms with E-state index in [1.54, 1.807) is 12.1 Å². The van der Waals surface area contributed by atoms with Gasteiger partial charge in [-0.05, 0) is 43.2 Å². The standard InChI is InChI=1S/C27H26FN3O2/c28-21-11-12-24-25(19-21)31(27(29-24)20-7-3-1-4-8-20)22-13-16-30(17-14-22)26(32)15-18-33-23-9-5-2-6-10-23/h1-12,19,22H,13-18H2. The van der Waals surface area contributed by atoms with Crippen LogP contribution < -0.4 is 4.74 Å². The Bertz CT molecular complexity index is 1230. The summed E-state index contributed by atoms with van der Waals surface area (Å²) in [5.41, 5.74) is 2.59. The Balaban J connectivity index is 1.29. The molecule has 5 rings (SSSR count). The van der Waals surface area contributed by atoms with Crippen molar-refractivity contribution >= 4 is 16.9 Å². The second kappa shape index (κ2) is 9.45. The molecule has 0 radical (unpaired) electrons. The number of fused-ring (bicyclic) bond motifs is 1. The van der Waals surface area contributed by atoms with E-state index in [0.717, 1.165) is 41.0 Å². The first kappa shape index (κ1) is 21.2. The number of aromatic nitrogens is 2. The van der Waals surface area contributed by atoms with Gasteiger partial charge in [-0.2, -0.15) is 0 Å². The normalized spacial score (nSPS) is 14.5. The van der Waals surface area contributed by atoms with Crippen LogP contribution in [0.25, 0.3) is 22.4 Å². The molecule has 1 fully saturated rings. The molecule has 1 amide bonds. The third-order valence-corrected chi connectivity index (χ3v) is 6.19. The molecular formula is C27H26FN3O2. The highest BCUT2D eigenvalue weighted by atomic mass is 19.1. The number of hydrogen-bond donors (Lipinski definition) is 0. The van der Waals surface area contributed by atoms with E-state index in [2.05, 4.69) is 4.57 Å². The summed E-state index contributed by atoms with van der Waals surface area (Å²) in [6.07, 6.45) is 1.95. The van der Waals surface area contributed by atoms with Gasteiger partial charge in [0.2, 0.25) is 5.91 Å². The predicted molar refractivity (Wildman–Crippen MR) is 127 cm³/mol. The van der Waals surface area contributed by atoms with Gasteiger partial charge in [-0.25, -0.2) is 9.37 Å². The van der Waals surface area contributed by atoms with E-state index in [1.807, 2.05) is 65.6 Å². The lowest BCUT2D eigenvalue weighted by atomic mass is 10.0. The minimum absolute atomic E-state index is 0.106. The number of imidazole rings is 1. The van der Waals surface area contributed by atoms with Gasteiger partial charge in [-0.3, -0.25) is 4.79 Å². The van der Waals surface area contributed by atoms with Gasteiger partial charge >= 0.3 is 0 Å². The summed E-state index contributed by atoms with van der Waals surface area (Å²) >= 11 is 0. The first-order chi connectivity index (χ1) is 16.2. The molecule has 168 valence electrons. The van der Waals surface area contributed by atoms with Crippen molar-refractivity contribution in [1.82, 2.24) is 14.5 Å². The fraction of sp³-hybridized carbons (Fsp3) is 0.259. The molecule has 1 aliphatic heterocycles. The molecule has 0 unspecified atom stereocenters. The minimum Gasteiger partial charge on any atom is -0.493 e. The molecule has 0 saturated carbocycles. The molecule has 3 aromatic carbocycles. The van der Waals surface area contributed by atoms with Crippen LogP contribution in [0.5, 0.6) is 5.75 Å². The van der Waals surface area contributed by atoms with Crippen molar-refractivity contribution < 1.29 is 13.9 Å². The first-order valence-electron chi connectivity index (χ1n) is 11.4. The average Bonchev–Trinajstić information content (AvgIpc) is 3.24. The van der Waals surface area contributed by atoms with E-state index in [4.69, 9.17) is 9.72 Å². The maximum atomic E-state index is 14.1. The Labute approximate surface area is 192 Å². The maximum absolute atomic E-state index is 14.1. The molecule has 1 aliphatic rings. The Morgan fingerprint density at radius 3 is 2.39 bits per heavy atom. The van der Waals surface area contributed by atoms with Gasteiger partial charge in [0, 0.05) is 24.7 Å². The van der Waals surface area contributed by atoms with Crippen LogP contribution in [0, 0.1) is 5.82 Å². The third kappa shape index (κ3) is 4.60. The highest BCUT2D eigenvalue weighted by Gasteiger charge is 2.27. The van der Waals surface area contributed by atoms with Gasteiger partial charge in [0.15, 0.2) is 0 Å². The van der Waals surface area contributed by atoms with E-state index < -0.39 is 0 Å². The highest BCUT2D eigenvalue weighted by molar-refractivity contribution is 5.81. The fourth-order valence-electron chi connectivity index (χ4n) is 4.53. The third-order valence-electron chi connectivity index (χ3n) is 6.19. The first-order valence-corrected chi connectivity index (χ1v) is 11.4. The number of carbonyl (C=O) groups is 1. The van der Waals surface area contributed by atoms with E-state index >= 15 is 0 Å². The Hall–Kier alpha value is -3.67. The number of ether oxygens (including phenoxy) is 1. The predicted octanol–water partition coefficient (Wildman–Crippen LogP) is 5.48. The highest BCUT2D eigenvalue weighted by Crippen LogP contribution is 2.33. The van der Waals surface area contributed by atoms with Crippen LogP contribution in [0.2, 0.25) is 0 Å². The molecule has 4 aromatic rings. The summed E-state index contributed by atoms with van der Waals surface area (Å²) in [6.45, 7) is 1.70. The van der Waals surface area contributed by atoms with Crippen LogP contribution in [-0.2, 0) is 4.79 Å². The summed E-state index contributed by atoms with van der Waals surface area (Å²) in [7, 11) is 0. The summed E-state index contributed by atoms with van der Waals surface area (Å²) in [4.78, 5) is 19.4. The van der Waals surface area contributed by atoms with E-state index in [9.17, 15) is 9.18 Å². The fourth-order valence-corrected chi connectivity index (χ4v) is 4.53. The van der Waals surface area contributed by atoms with Gasteiger partial charge in [0.05, 0.1) is 24.1 Å². The molecule has 5 nitrogen and oxygen atoms in total. The smallest absolute Gasteiger partial charge is 0.225 e. The summed E-state index contributed by atoms with van der Waals surface area (Å²) in [5.74, 6) is 1.46. The number of piperidine rings is 1. The van der Waals surface area contributed by atoms with Gasteiger partial charge in [-0.15, -0.1) is 0 Å². The van der Waals surface area contributed by atoms with Crippen LogP contribution in [-0.4, -0.2) is 40.1 Å². The van der Waals surface area contributed by atoms with Crippen LogP contribution in [0.1, 0.15) is 25.3 Å². The van der Waals surface area contributed by atoms with Gasteiger partial charge < -0.3 is 14.2 Å². The van der Waals surface area contributed by atoms with E-state index in [1.165, 1.54) is 6.07 Å². The number of rotatable bonds is 6. The number of nitrogens with zero attached hydrogens (tertiary/aromatic N) is 3. The molecule has 0 atom stereocenters. The largest absolute Gasteiger partial charge is 0.493 e. The lowest BCUT2D eigenvalue weighted by molar-refractivity contribution is -0.133. The molecule has 1 aromatic heterocycles. The van der Waals surface area contributed by atoms with Crippen LogP contribution >= 0.6 is 0 Å². The number of hydrogen-bond acceptors (Lipinski definition) is 3. The van der Waals surface area contributed by atoms with Crippen molar-refractivity contribution in [2.45, 2.75) is 25.3 Å². The van der Waals surface area contributed by atoms with Crippen molar-refractivity contribution in [3.05, 3.63) is 84.7 Å². The number of likely N-dealkylation sites (tertiary alicyclic amines) is 1. The zero-order chi connectivity index (χ0) is 22.6. The second-order valence-corrected chi connectivity index (χ2v) is 8.33. The van der Waals surface area contributed by atoms with Gasteiger partial charge in [-0.1, -0.05) is 48.5 Å². The van der Waals surface area contributed by atoms with Crippen molar-refractivity contribution in [1.29, 1.82) is 0 Å². The number of carbonyl (C=O) groups excluding carboxylic acids is 1. The lowest BCUT2D eigenvalue weighted by Gasteiger charge is -2.33. The SMILES string of the molecule is O=C(CCOc1ccccc1)N1CCC(n2c(-c3ccccc3)nc3ccc(F)cc32)CC1. The Kier molecular flexibility index (Phi) is 6.07. The second-order valence-electron chi connectivity index (χ2n) is 8.33. The van der Waals surface area contributed by atoms with Crippen molar-refractivity contribution in [3.8, 4) is 17.1 Å². The molecule has 0 aliphatic carbocycles. The Morgan fingerprint density at radius 1 is 0.970 bits per heavy atom. The molecule has 0 bridgehead atoms. The monoisotopic (exact) mass is 443 g/mol. The molecule has 0 N–H and O–H groups in total. The van der Waals surface area contributed by atoms with Crippen LogP contribution in [0.15, 0.2) is 78.9 Å². The van der Waals surface area contributed by atoms with Crippen LogP contribution in [0.4, 0.5) is 4.39 Å². The topological polar surface area (TPSA) is 47.4 Å². The van der Waals surface area contributed by atoms with Crippen LogP contribution in [0.3, 0.4) is 0 Å². The van der Waals surface area contributed by atoms with Crippen molar-refractivity contribution in [2.75, 3.05) is 19.7 Å². The van der Waals surface area contributed by atoms with Gasteiger partial charge in [0.25, 0.3) is 0 Å². The molecule has 0 spiro atoms. The van der Waals surface area contributed by atoms with Gasteiger partial charge in [0.1, 0.15) is 17.4 Å². The number of amides is 1. The number of halogens is 1. The summed E-state index contributed by atoms with van der Waals surface area (Å²) < 4.78 is 21.9. The summed E-state index contributed by atoms with van der Waals surface area (Å²) in [5, 5.41) is 0. The lowest BCUT2D eigenvalue weighted by Crippen LogP contribution is -2.39. The summed E-state index contributed by atoms with van der Waals surface area (Å²) in [6, 6.07) is 24.4. The van der Waals surface area contributed by atoms with E-state index in [0.29, 0.717) is 26.1 Å². The van der Waals surface area contributed by atoms with E-state index in [-0.39, 0.29) is 17.8 Å². The average molecular weight is 444 g/mol. The van der Waals surface area contributed by atoms with Crippen molar-refractivity contribution in [3.63, 3.8) is 0 Å².